The summed E-state index contributed by atoms with van der Waals surface area (Å²) in [4.78, 5) is 54.5. The lowest BCUT2D eigenvalue weighted by Gasteiger charge is -2.26. The minimum Gasteiger partial charge on any atom is -0.445 e. The number of aliphatic hydroxyl groups excluding tert-OH is 1. The normalized spacial score (nSPS) is 14.2. The number of carbonyl (C=O) groups excluding carboxylic acids is 4. The number of hydrogen-bond acceptors (Lipinski definition) is 6. The Morgan fingerprint density at radius 1 is 0.769 bits per heavy atom. The average Bonchev–Trinajstić information content (AvgIpc) is 3.25. The molecule has 1 aliphatic heterocycles. The van der Waals surface area contributed by atoms with E-state index in [-0.39, 0.29) is 31.0 Å². The SMILES string of the molecule is O=C(N[C@@H](CO)C(=O)N1CCCN(C(=O)OCc2ccccc2)CC1)c1cccc(C(=O)c2ccccc2)c1. The third-order valence-electron chi connectivity index (χ3n) is 6.48. The standard InChI is InChI=1S/C30H31N3O6/c34-20-26(31-28(36)25-14-7-13-24(19-25)27(35)23-11-5-2-6-12-23)29(37)32-15-8-16-33(18-17-32)30(38)39-21-22-9-3-1-4-10-22/h1-7,9-14,19,26,34H,8,15-18,20-21H2,(H,31,36)/t26-/m0/s1. The van der Waals surface area contributed by atoms with E-state index in [1.165, 1.54) is 11.0 Å². The summed E-state index contributed by atoms with van der Waals surface area (Å²) in [6, 6.07) is 23.2. The number of carbonyl (C=O) groups is 4. The van der Waals surface area contributed by atoms with Crippen molar-refractivity contribution in [1.29, 1.82) is 0 Å². The molecule has 1 heterocycles. The molecule has 1 atom stereocenters. The van der Waals surface area contributed by atoms with Gasteiger partial charge in [-0.1, -0.05) is 72.8 Å². The Bertz CT molecular complexity index is 1300. The second kappa shape index (κ2) is 13.3. The Morgan fingerprint density at radius 2 is 1.38 bits per heavy atom. The van der Waals surface area contributed by atoms with Crippen LogP contribution in [0.15, 0.2) is 84.9 Å². The number of benzene rings is 3. The molecule has 4 rings (SSSR count). The second-order valence-electron chi connectivity index (χ2n) is 9.19. The highest BCUT2D eigenvalue weighted by atomic mass is 16.6. The molecule has 0 radical (unpaired) electrons. The van der Waals surface area contributed by atoms with Crippen LogP contribution in [0.5, 0.6) is 0 Å². The number of rotatable bonds is 8. The zero-order valence-electron chi connectivity index (χ0n) is 21.5. The van der Waals surface area contributed by atoms with E-state index in [2.05, 4.69) is 5.32 Å². The Hall–Kier alpha value is -4.50. The van der Waals surface area contributed by atoms with E-state index in [1.54, 1.807) is 47.4 Å². The highest BCUT2D eigenvalue weighted by Crippen LogP contribution is 2.13. The fourth-order valence-electron chi connectivity index (χ4n) is 4.34. The van der Waals surface area contributed by atoms with Crippen LogP contribution in [0, 0.1) is 0 Å². The molecule has 0 bridgehead atoms. The molecule has 3 amide bonds. The summed E-state index contributed by atoms with van der Waals surface area (Å²) in [6.07, 6.45) is 0.0761. The molecule has 0 unspecified atom stereocenters. The predicted octanol–water partition coefficient (Wildman–Crippen LogP) is 2.88. The molecule has 1 saturated heterocycles. The van der Waals surface area contributed by atoms with Crippen molar-refractivity contribution in [3.63, 3.8) is 0 Å². The van der Waals surface area contributed by atoms with Crippen LogP contribution in [0.2, 0.25) is 0 Å². The van der Waals surface area contributed by atoms with Gasteiger partial charge in [0.25, 0.3) is 5.91 Å². The minimum atomic E-state index is -1.16. The molecular formula is C30H31N3O6. The smallest absolute Gasteiger partial charge is 0.410 e. The van der Waals surface area contributed by atoms with Crippen molar-refractivity contribution in [2.24, 2.45) is 0 Å². The van der Waals surface area contributed by atoms with Crippen molar-refractivity contribution in [2.45, 2.75) is 19.1 Å². The van der Waals surface area contributed by atoms with E-state index in [9.17, 15) is 24.3 Å². The highest BCUT2D eigenvalue weighted by molar-refractivity contribution is 6.10. The van der Waals surface area contributed by atoms with Crippen molar-refractivity contribution in [2.75, 3.05) is 32.8 Å². The number of nitrogens with one attached hydrogen (secondary N) is 1. The maximum absolute atomic E-state index is 13.2. The molecular weight excluding hydrogens is 498 g/mol. The van der Waals surface area contributed by atoms with E-state index >= 15 is 0 Å². The van der Waals surface area contributed by atoms with Crippen LogP contribution in [0.4, 0.5) is 4.79 Å². The van der Waals surface area contributed by atoms with Crippen LogP contribution < -0.4 is 5.32 Å². The lowest BCUT2D eigenvalue weighted by atomic mass is 10.0. The van der Waals surface area contributed by atoms with Gasteiger partial charge in [-0.25, -0.2) is 4.79 Å². The quantitative estimate of drug-likeness (QED) is 0.434. The largest absolute Gasteiger partial charge is 0.445 e. The summed E-state index contributed by atoms with van der Waals surface area (Å²) < 4.78 is 5.41. The van der Waals surface area contributed by atoms with E-state index in [1.807, 2.05) is 36.4 Å². The van der Waals surface area contributed by atoms with Crippen LogP contribution >= 0.6 is 0 Å². The van der Waals surface area contributed by atoms with Gasteiger partial charge < -0.3 is 25.0 Å². The van der Waals surface area contributed by atoms with E-state index in [0.29, 0.717) is 30.6 Å². The fourth-order valence-corrected chi connectivity index (χ4v) is 4.34. The maximum atomic E-state index is 13.2. The van der Waals surface area contributed by atoms with Gasteiger partial charge in [0.1, 0.15) is 12.6 Å². The summed E-state index contributed by atoms with van der Waals surface area (Å²) in [5.74, 6) is -1.25. The Balaban J connectivity index is 1.33. The number of ether oxygens (including phenoxy) is 1. The minimum absolute atomic E-state index is 0.162. The van der Waals surface area contributed by atoms with Crippen molar-refractivity contribution >= 4 is 23.7 Å². The lowest BCUT2D eigenvalue weighted by molar-refractivity contribution is -0.134. The lowest BCUT2D eigenvalue weighted by Crippen LogP contribution is -2.51. The van der Waals surface area contributed by atoms with Crippen molar-refractivity contribution in [1.82, 2.24) is 15.1 Å². The van der Waals surface area contributed by atoms with Gasteiger partial charge in [-0.05, 0) is 24.1 Å². The fraction of sp³-hybridized carbons (Fsp3) is 0.267. The molecule has 39 heavy (non-hydrogen) atoms. The number of amides is 3. The number of nitrogens with zero attached hydrogens (tertiary/aromatic N) is 2. The zero-order valence-corrected chi connectivity index (χ0v) is 21.5. The van der Waals surface area contributed by atoms with E-state index < -0.39 is 30.6 Å². The van der Waals surface area contributed by atoms with Gasteiger partial charge in [-0.15, -0.1) is 0 Å². The van der Waals surface area contributed by atoms with Crippen LogP contribution in [-0.4, -0.2) is 77.4 Å². The van der Waals surface area contributed by atoms with E-state index in [4.69, 9.17) is 4.74 Å². The molecule has 202 valence electrons. The van der Waals surface area contributed by atoms with Gasteiger partial charge in [0.15, 0.2) is 5.78 Å². The first-order valence-corrected chi connectivity index (χ1v) is 12.8. The van der Waals surface area contributed by atoms with Crippen molar-refractivity contribution in [3.05, 3.63) is 107 Å². The summed E-state index contributed by atoms with van der Waals surface area (Å²) in [6.45, 7) is 0.883. The molecule has 9 nitrogen and oxygen atoms in total. The van der Waals surface area contributed by atoms with Gasteiger partial charge in [-0.2, -0.15) is 0 Å². The van der Waals surface area contributed by atoms with Crippen molar-refractivity contribution in [3.8, 4) is 0 Å². The summed E-state index contributed by atoms with van der Waals surface area (Å²) in [5, 5.41) is 12.5. The number of aliphatic hydroxyl groups is 1. The maximum Gasteiger partial charge on any atom is 0.410 e. The Morgan fingerprint density at radius 3 is 2.10 bits per heavy atom. The van der Waals surface area contributed by atoms with Crippen LogP contribution in [0.1, 0.15) is 38.3 Å². The molecule has 3 aromatic rings. The predicted molar refractivity (Wildman–Crippen MR) is 144 cm³/mol. The summed E-state index contributed by atoms with van der Waals surface area (Å²) in [7, 11) is 0. The molecule has 0 saturated carbocycles. The molecule has 2 N–H and O–H groups in total. The summed E-state index contributed by atoms with van der Waals surface area (Å²) >= 11 is 0. The molecule has 1 fully saturated rings. The van der Waals surface area contributed by atoms with Gasteiger partial charge >= 0.3 is 6.09 Å². The first-order valence-electron chi connectivity index (χ1n) is 12.8. The van der Waals surface area contributed by atoms with Crippen LogP contribution in [-0.2, 0) is 16.1 Å². The first kappa shape index (κ1) is 27.5. The third-order valence-corrected chi connectivity index (χ3v) is 6.48. The molecule has 9 heteroatoms. The van der Waals surface area contributed by atoms with Gasteiger partial charge in [-0.3, -0.25) is 14.4 Å². The molecule has 1 aliphatic rings. The topological polar surface area (TPSA) is 116 Å². The molecule has 0 aliphatic carbocycles. The van der Waals surface area contributed by atoms with Gasteiger partial charge in [0, 0.05) is 42.9 Å². The van der Waals surface area contributed by atoms with Gasteiger partial charge in [0.2, 0.25) is 5.91 Å². The monoisotopic (exact) mass is 529 g/mol. The Labute approximate surface area is 227 Å². The molecule has 3 aromatic carbocycles. The molecule has 0 aromatic heterocycles. The molecule has 0 spiro atoms. The zero-order chi connectivity index (χ0) is 27.6. The average molecular weight is 530 g/mol. The van der Waals surface area contributed by atoms with Crippen molar-refractivity contribution < 1.29 is 29.0 Å². The van der Waals surface area contributed by atoms with Crippen LogP contribution in [0.25, 0.3) is 0 Å². The highest BCUT2D eigenvalue weighted by Gasteiger charge is 2.29. The Kier molecular flexibility index (Phi) is 9.42. The number of ketones is 1. The third kappa shape index (κ3) is 7.30. The first-order chi connectivity index (χ1) is 19.0. The van der Waals surface area contributed by atoms with Crippen LogP contribution in [0.3, 0.4) is 0 Å². The van der Waals surface area contributed by atoms with Gasteiger partial charge in [0.05, 0.1) is 6.61 Å². The summed E-state index contributed by atoms with van der Waals surface area (Å²) in [5.41, 5.74) is 1.92. The second-order valence-corrected chi connectivity index (χ2v) is 9.19. The van der Waals surface area contributed by atoms with E-state index in [0.717, 1.165) is 5.56 Å². The number of hydrogen-bond donors (Lipinski definition) is 2.